The Balaban J connectivity index is 2.05. The summed E-state index contributed by atoms with van der Waals surface area (Å²) >= 11 is 3.41. The number of aliphatic hydroxyl groups is 1. The van der Waals surface area contributed by atoms with Gasteiger partial charge in [-0.25, -0.2) is 0 Å². The van der Waals surface area contributed by atoms with Gasteiger partial charge in [0.1, 0.15) is 5.52 Å². The molecule has 1 aliphatic rings. The van der Waals surface area contributed by atoms with E-state index in [1.165, 1.54) is 0 Å². The van der Waals surface area contributed by atoms with Gasteiger partial charge < -0.3 is 10.0 Å². The third-order valence-corrected chi connectivity index (χ3v) is 3.69. The number of anilines is 1. The first-order chi connectivity index (χ1) is 8.74. The van der Waals surface area contributed by atoms with Crippen molar-refractivity contribution in [2.75, 3.05) is 18.0 Å². The van der Waals surface area contributed by atoms with Gasteiger partial charge in [0, 0.05) is 30.0 Å². The smallest absolute Gasteiger partial charge is 0.112 e. The molecule has 0 saturated carbocycles. The highest BCUT2D eigenvalue weighted by Crippen LogP contribution is 2.27. The van der Waals surface area contributed by atoms with Gasteiger partial charge in [0.2, 0.25) is 0 Å². The number of nitrogens with zero attached hydrogens (tertiary/aromatic N) is 3. The molecule has 1 N–H and O–H groups in total. The molecule has 94 valence electrons. The maximum Gasteiger partial charge on any atom is 0.112 e. The van der Waals surface area contributed by atoms with Crippen molar-refractivity contribution in [2.45, 2.75) is 18.9 Å². The molecule has 0 aromatic carbocycles. The predicted molar refractivity (Wildman–Crippen MR) is 74.7 cm³/mol. The summed E-state index contributed by atoms with van der Waals surface area (Å²) in [6.07, 6.45) is 5.25. The number of β-amino-alcohol motifs (C(OH)–C–C–N with tert-alkyl or cyclic N) is 1. The molecule has 0 spiro atoms. The zero-order valence-electron chi connectivity index (χ0n) is 9.88. The van der Waals surface area contributed by atoms with Crippen molar-refractivity contribution < 1.29 is 5.11 Å². The Kier molecular flexibility index (Phi) is 3.18. The number of aromatic nitrogens is 2. The summed E-state index contributed by atoms with van der Waals surface area (Å²) < 4.78 is 0.929. The summed E-state index contributed by atoms with van der Waals surface area (Å²) in [5.74, 6) is 0. The lowest BCUT2D eigenvalue weighted by atomic mass is 10.1. The quantitative estimate of drug-likeness (QED) is 0.878. The zero-order chi connectivity index (χ0) is 12.5. The minimum atomic E-state index is -0.239. The van der Waals surface area contributed by atoms with Crippen LogP contribution in [-0.4, -0.2) is 34.3 Å². The number of hydrogen-bond donors (Lipinski definition) is 1. The van der Waals surface area contributed by atoms with Gasteiger partial charge in [0.15, 0.2) is 0 Å². The monoisotopic (exact) mass is 307 g/mol. The van der Waals surface area contributed by atoms with Gasteiger partial charge in [-0.2, -0.15) is 0 Å². The fraction of sp³-hybridized carbons (Fsp3) is 0.385. The number of fused-ring (bicyclic) bond motifs is 1. The average Bonchev–Trinajstić information content (AvgIpc) is 2.37. The van der Waals surface area contributed by atoms with E-state index in [9.17, 15) is 5.11 Å². The van der Waals surface area contributed by atoms with Crippen molar-refractivity contribution in [2.24, 2.45) is 0 Å². The van der Waals surface area contributed by atoms with E-state index in [0.29, 0.717) is 6.54 Å². The van der Waals surface area contributed by atoms with Gasteiger partial charge in [-0.05, 0) is 40.9 Å². The Morgan fingerprint density at radius 1 is 1.39 bits per heavy atom. The first-order valence-electron chi connectivity index (χ1n) is 6.07. The second-order valence-electron chi connectivity index (χ2n) is 4.59. The molecule has 3 rings (SSSR count). The Hall–Kier alpha value is -1.20. The van der Waals surface area contributed by atoms with Gasteiger partial charge in [0.05, 0.1) is 17.3 Å². The van der Waals surface area contributed by atoms with Crippen molar-refractivity contribution in [3.8, 4) is 0 Å². The first kappa shape index (κ1) is 11.9. The third-order valence-electron chi connectivity index (χ3n) is 3.26. The molecular weight excluding hydrogens is 294 g/mol. The van der Waals surface area contributed by atoms with E-state index in [2.05, 4.69) is 30.8 Å². The largest absolute Gasteiger partial charge is 0.391 e. The van der Waals surface area contributed by atoms with E-state index in [1.54, 1.807) is 12.4 Å². The van der Waals surface area contributed by atoms with Crippen molar-refractivity contribution in [3.05, 3.63) is 29.0 Å². The summed E-state index contributed by atoms with van der Waals surface area (Å²) in [6, 6.07) is 3.94. The molecule has 0 radical (unpaired) electrons. The summed E-state index contributed by atoms with van der Waals surface area (Å²) in [4.78, 5) is 11.0. The number of hydrogen-bond acceptors (Lipinski definition) is 4. The fourth-order valence-corrected chi connectivity index (χ4v) is 2.74. The van der Waals surface area contributed by atoms with Crippen molar-refractivity contribution in [3.63, 3.8) is 0 Å². The molecule has 5 heteroatoms. The number of aliphatic hydroxyl groups excluding tert-OH is 1. The molecule has 4 nitrogen and oxygen atoms in total. The highest BCUT2D eigenvalue weighted by atomic mass is 79.9. The second-order valence-corrected chi connectivity index (χ2v) is 5.51. The topological polar surface area (TPSA) is 49.2 Å². The summed E-state index contributed by atoms with van der Waals surface area (Å²) in [6.45, 7) is 1.64. The molecule has 3 heterocycles. The van der Waals surface area contributed by atoms with E-state index < -0.39 is 0 Å². The minimum Gasteiger partial charge on any atom is -0.391 e. The van der Waals surface area contributed by atoms with Crippen LogP contribution in [0.1, 0.15) is 12.8 Å². The predicted octanol–water partition coefficient (Wildman–Crippen LogP) is 2.35. The zero-order valence-corrected chi connectivity index (χ0v) is 11.5. The molecule has 0 aliphatic carbocycles. The number of pyridine rings is 2. The molecule has 1 aliphatic heterocycles. The minimum absolute atomic E-state index is 0.239. The number of piperidine rings is 1. The van der Waals surface area contributed by atoms with E-state index >= 15 is 0 Å². The molecule has 0 amide bonds. The number of halogens is 1. The fourth-order valence-electron chi connectivity index (χ4n) is 2.42. The molecule has 0 bridgehead atoms. The molecule has 2 aromatic rings. The van der Waals surface area contributed by atoms with E-state index in [1.807, 2.05) is 12.1 Å². The maximum atomic E-state index is 9.77. The van der Waals surface area contributed by atoms with Gasteiger partial charge in [0.25, 0.3) is 0 Å². The van der Waals surface area contributed by atoms with Crippen molar-refractivity contribution in [1.82, 2.24) is 9.97 Å². The summed E-state index contributed by atoms with van der Waals surface area (Å²) in [7, 11) is 0. The second kappa shape index (κ2) is 4.82. The molecule has 1 atom stereocenters. The Bertz CT molecular complexity index is 575. The molecule has 1 saturated heterocycles. The highest BCUT2D eigenvalue weighted by molar-refractivity contribution is 9.10. The third kappa shape index (κ3) is 2.20. The maximum absolute atomic E-state index is 9.77. The summed E-state index contributed by atoms with van der Waals surface area (Å²) in [5.41, 5.74) is 2.84. The van der Waals surface area contributed by atoms with Crippen LogP contribution in [0.4, 0.5) is 5.69 Å². The van der Waals surface area contributed by atoms with Crippen molar-refractivity contribution >= 4 is 32.7 Å². The normalized spacial score (nSPS) is 20.3. The van der Waals surface area contributed by atoms with Gasteiger partial charge >= 0.3 is 0 Å². The lowest BCUT2D eigenvalue weighted by Gasteiger charge is -2.32. The van der Waals surface area contributed by atoms with E-state index in [4.69, 9.17) is 0 Å². The SMILES string of the molecule is OC1CCCN(c2ccnc3cc(Br)cnc23)C1. The first-order valence-corrected chi connectivity index (χ1v) is 6.86. The van der Waals surface area contributed by atoms with Crippen LogP contribution in [0.25, 0.3) is 11.0 Å². The van der Waals surface area contributed by atoms with Crippen LogP contribution < -0.4 is 4.90 Å². The summed E-state index contributed by atoms with van der Waals surface area (Å²) in [5, 5.41) is 9.77. The lowest BCUT2D eigenvalue weighted by Crippen LogP contribution is -2.38. The van der Waals surface area contributed by atoms with Crippen molar-refractivity contribution in [1.29, 1.82) is 0 Å². The van der Waals surface area contributed by atoms with Crippen LogP contribution >= 0.6 is 15.9 Å². The Morgan fingerprint density at radius 2 is 2.28 bits per heavy atom. The number of rotatable bonds is 1. The molecule has 2 aromatic heterocycles. The van der Waals surface area contributed by atoms with Crippen LogP contribution in [0.5, 0.6) is 0 Å². The van der Waals surface area contributed by atoms with Gasteiger partial charge in [-0.3, -0.25) is 9.97 Å². The highest BCUT2D eigenvalue weighted by Gasteiger charge is 2.20. The molecule has 1 unspecified atom stereocenters. The van der Waals surface area contributed by atoms with E-state index in [-0.39, 0.29) is 6.10 Å². The van der Waals surface area contributed by atoms with Crippen LogP contribution in [-0.2, 0) is 0 Å². The molecular formula is C13H14BrN3O. The standard InChI is InChI=1S/C13H14BrN3O/c14-9-6-11-13(16-7-9)12(3-4-15-11)17-5-1-2-10(18)8-17/h3-4,6-7,10,18H,1-2,5,8H2. The lowest BCUT2D eigenvalue weighted by molar-refractivity contribution is 0.154. The van der Waals surface area contributed by atoms with Gasteiger partial charge in [-0.15, -0.1) is 0 Å². The Morgan fingerprint density at radius 3 is 3.11 bits per heavy atom. The van der Waals surface area contributed by atoms with Crippen LogP contribution in [0.2, 0.25) is 0 Å². The molecule has 1 fully saturated rings. The average molecular weight is 308 g/mol. The van der Waals surface area contributed by atoms with Crippen LogP contribution in [0, 0.1) is 0 Å². The van der Waals surface area contributed by atoms with Crippen LogP contribution in [0.15, 0.2) is 29.0 Å². The van der Waals surface area contributed by atoms with Crippen LogP contribution in [0.3, 0.4) is 0 Å². The molecule has 18 heavy (non-hydrogen) atoms. The van der Waals surface area contributed by atoms with Gasteiger partial charge in [-0.1, -0.05) is 0 Å². The Labute approximate surface area is 114 Å². The van der Waals surface area contributed by atoms with E-state index in [0.717, 1.165) is 40.6 Å².